The molecule has 1 N–H and O–H groups in total. The highest BCUT2D eigenvalue weighted by Gasteiger charge is 2.36. The molecule has 1 fully saturated rings. The van der Waals surface area contributed by atoms with Crippen LogP contribution in [-0.4, -0.2) is 69.4 Å². The highest BCUT2D eigenvalue weighted by Crippen LogP contribution is 2.39. The van der Waals surface area contributed by atoms with Gasteiger partial charge in [-0.25, -0.2) is 13.1 Å². The number of rotatable bonds is 12. The number of carbonyl (C=O) groups excluding carboxylic acids is 1. The van der Waals surface area contributed by atoms with Crippen molar-refractivity contribution in [2.24, 2.45) is 0 Å². The molecule has 0 spiro atoms. The lowest BCUT2D eigenvalue weighted by Gasteiger charge is -2.26. The molecule has 0 radical (unpaired) electrons. The standard InChI is InChI=1S/C25H32F3N3O6S/c1-3-22(21-8-7-19(17-29-21)36-4-2)37-23-9-6-18(16-20(23)25(26,27)28)24(32)30-38(33,34)15-5-10-31-11-13-35-14-12-31/h6-9,16-17,22H,3-5,10-15H2,1-2H3,(H,30,32). The van der Waals surface area contributed by atoms with Crippen LogP contribution >= 0.6 is 0 Å². The van der Waals surface area contributed by atoms with Gasteiger partial charge in [-0.2, -0.15) is 13.2 Å². The van der Waals surface area contributed by atoms with E-state index in [0.717, 1.165) is 12.1 Å². The van der Waals surface area contributed by atoms with Crippen LogP contribution in [0.1, 0.15) is 54.4 Å². The normalized spacial score (nSPS) is 15.6. The Kier molecular flexibility index (Phi) is 10.3. The van der Waals surface area contributed by atoms with E-state index in [1.165, 1.54) is 6.20 Å². The van der Waals surface area contributed by atoms with Gasteiger partial charge in [0.25, 0.3) is 5.91 Å². The van der Waals surface area contributed by atoms with Crippen LogP contribution in [0.4, 0.5) is 13.2 Å². The Morgan fingerprint density at radius 2 is 1.92 bits per heavy atom. The number of alkyl halides is 3. The van der Waals surface area contributed by atoms with Gasteiger partial charge in [-0.05, 0) is 56.6 Å². The maximum atomic E-state index is 13.9. The molecule has 3 rings (SSSR count). The van der Waals surface area contributed by atoms with E-state index in [1.54, 1.807) is 19.1 Å². The Bertz CT molecular complexity index is 1170. The number of halogens is 3. The second-order valence-corrected chi connectivity index (χ2v) is 10.5. The topological polar surface area (TPSA) is 107 Å². The van der Waals surface area contributed by atoms with Crippen molar-refractivity contribution in [1.29, 1.82) is 0 Å². The average Bonchev–Trinajstić information content (AvgIpc) is 2.87. The van der Waals surface area contributed by atoms with E-state index < -0.39 is 45.1 Å². The smallest absolute Gasteiger partial charge is 0.419 e. The number of pyridine rings is 1. The third kappa shape index (κ3) is 8.57. The zero-order chi connectivity index (χ0) is 27.8. The van der Waals surface area contributed by atoms with Crippen molar-refractivity contribution in [3.05, 3.63) is 53.3 Å². The number of sulfonamides is 1. The Morgan fingerprint density at radius 1 is 1.18 bits per heavy atom. The van der Waals surface area contributed by atoms with Crippen LogP contribution < -0.4 is 14.2 Å². The van der Waals surface area contributed by atoms with Crippen LogP contribution in [0.2, 0.25) is 0 Å². The lowest BCUT2D eigenvalue weighted by atomic mass is 10.1. The quantitative estimate of drug-likeness (QED) is 0.419. The molecule has 0 aliphatic carbocycles. The summed E-state index contributed by atoms with van der Waals surface area (Å²) < 4.78 is 84.5. The van der Waals surface area contributed by atoms with Gasteiger partial charge < -0.3 is 14.2 Å². The summed E-state index contributed by atoms with van der Waals surface area (Å²) in [6, 6.07) is 5.96. The number of ether oxygens (including phenoxy) is 3. The van der Waals surface area contributed by atoms with Crippen molar-refractivity contribution in [3.63, 3.8) is 0 Å². The first kappa shape index (κ1) is 29.7. The van der Waals surface area contributed by atoms with Gasteiger partial charge in [0.05, 0.1) is 43.0 Å². The molecule has 1 atom stereocenters. The van der Waals surface area contributed by atoms with E-state index >= 15 is 0 Å². The van der Waals surface area contributed by atoms with Gasteiger partial charge in [-0.15, -0.1) is 0 Å². The number of benzene rings is 1. The van der Waals surface area contributed by atoms with Crippen LogP contribution in [0, 0.1) is 0 Å². The number of nitrogens with zero attached hydrogens (tertiary/aromatic N) is 2. The third-order valence-corrected chi connectivity index (χ3v) is 7.15. The second-order valence-electron chi connectivity index (χ2n) is 8.63. The largest absolute Gasteiger partial charge is 0.492 e. The highest BCUT2D eigenvalue weighted by molar-refractivity contribution is 7.90. The SMILES string of the molecule is CCOc1ccc(C(CC)Oc2ccc(C(=O)NS(=O)(=O)CCCN3CCOCC3)cc2C(F)(F)F)nc1. The molecule has 1 amide bonds. The maximum absolute atomic E-state index is 13.9. The predicted octanol–water partition coefficient (Wildman–Crippen LogP) is 3.81. The number of hydrogen-bond donors (Lipinski definition) is 1. The van der Waals surface area contributed by atoms with Gasteiger partial charge in [0, 0.05) is 18.7 Å². The Hall–Kier alpha value is -2.90. The minimum absolute atomic E-state index is 0.265. The minimum atomic E-state index is -4.85. The van der Waals surface area contributed by atoms with Crippen LogP contribution in [-0.2, 0) is 20.9 Å². The van der Waals surface area contributed by atoms with Crippen LogP contribution in [0.5, 0.6) is 11.5 Å². The minimum Gasteiger partial charge on any atom is -0.492 e. The van der Waals surface area contributed by atoms with Crippen molar-refractivity contribution in [2.45, 2.75) is 39.0 Å². The molecule has 2 heterocycles. The van der Waals surface area contributed by atoms with E-state index in [0.29, 0.717) is 63.4 Å². The van der Waals surface area contributed by atoms with Gasteiger partial charge in [0.1, 0.15) is 17.6 Å². The number of amides is 1. The summed E-state index contributed by atoms with van der Waals surface area (Å²) in [6.07, 6.45) is -3.60. The fourth-order valence-corrected chi connectivity index (χ4v) is 4.90. The zero-order valence-electron chi connectivity index (χ0n) is 21.3. The summed E-state index contributed by atoms with van der Waals surface area (Å²) in [5, 5.41) is 0. The Labute approximate surface area is 220 Å². The summed E-state index contributed by atoms with van der Waals surface area (Å²) in [5.74, 6) is -1.46. The third-order valence-electron chi connectivity index (χ3n) is 5.83. The van der Waals surface area contributed by atoms with Crippen molar-refractivity contribution < 1.29 is 40.6 Å². The molecule has 13 heteroatoms. The van der Waals surface area contributed by atoms with Crippen molar-refractivity contribution in [2.75, 3.05) is 45.2 Å². The molecule has 2 aromatic rings. The molecular formula is C25H32F3N3O6S. The first-order chi connectivity index (χ1) is 18.0. The molecular weight excluding hydrogens is 527 g/mol. The molecule has 210 valence electrons. The average molecular weight is 560 g/mol. The van der Waals surface area contributed by atoms with E-state index in [1.807, 2.05) is 16.5 Å². The molecule has 1 aromatic carbocycles. The summed E-state index contributed by atoms with van der Waals surface area (Å²) in [7, 11) is -4.04. The van der Waals surface area contributed by atoms with Crippen molar-refractivity contribution in [1.82, 2.24) is 14.6 Å². The van der Waals surface area contributed by atoms with Gasteiger partial charge in [0.2, 0.25) is 10.0 Å². The molecule has 1 saturated heterocycles. The number of morpholine rings is 1. The summed E-state index contributed by atoms with van der Waals surface area (Å²) >= 11 is 0. The first-order valence-electron chi connectivity index (χ1n) is 12.3. The Balaban J connectivity index is 1.70. The second kappa shape index (κ2) is 13.3. The fraction of sp³-hybridized carbons (Fsp3) is 0.520. The van der Waals surface area contributed by atoms with Crippen molar-refractivity contribution in [3.8, 4) is 11.5 Å². The number of carbonyl (C=O) groups is 1. The van der Waals surface area contributed by atoms with Gasteiger partial charge in [0.15, 0.2) is 0 Å². The number of nitrogens with one attached hydrogen (secondary N) is 1. The lowest BCUT2D eigenvalue weighted by Crippen LogP contribution is -2.38. The highest BCUT2D eigenvalue weighted by atomic mass is 32.2. The van der Waals surface area contributed by atoms with Gasteiger partial charge in [-0.3, -0.25) is 14.7 Å². The summed E-state index contributed by atoms with van der Waals surface area (Å²) in [6.45, 7) is 7.02. The van der Waals surface area contributed by atoms with Crippen LogP contribution in [0.25, 0.3) is 0 Å². The van der Waals surface area contributed by atoms with Crippen LogP contribution in [0.15, 0.2) is 36.5 Å². The number of hydrogen-bond acceptors (Lipinski definition) is 8. The molecule has 1 aromatic heterocycles. The van der Waals surface area contributed by atoms with E-state index in [9.17, 15) is 26.4 Å². The summed E-state index contributed by atoms with van der Waals surface area (Å²) in [4.78, 5) is 18.8. The summed E-state index contributed by atoms with van der Waals surface area (Å²) in [5.41, 5.74) is -1.23. The van der Waals surface area contributed by atoms with E-state index in [-0.39, 0.29) is 12.2 Å². The molecule has 1 aliphatic rings. The lowest BCUT2D eigenvalue weighted by molar-refractivity contribution is -0.139. The predicted molar refractivity (Wildman–Crippen MR) is 134 cm³/mol. The Morgan fingerprint density at radius 3 is 2.53 bits per heavy atom. The maximum Gasteiger partial charge on any atom is 0.419 e. The van der Waals surface area contributed by atoms with Crippen LogP contribution in [0.3, 0.4) is 0 Å². The van der Waals surface area contributed by atoms with Gasteiger partial charge >= 0.3 is 6.18 Å². The van der Waals surface area contributed by atoms with E-state index in [2.05, 4.69) is 4.98 Å². The van der Waals surface area contributed by atoms with Gasteiger partial charge in [-0.1, -0.05) is 6.92 Å². The molecule has 9 nitrogen and oxygen atoms in total. The molecule has 0 saturated carbocycles. The van der Waals surface area contributed by atoms with E-state index in [4.69, 9.17) is 14.2 Å². The molecule has 1 aliphatic heterocycles. The van der Waals surface area contributed by atoms with Crippen molar-refractivity contribution >= 4 is 15.9 Å². The molecule has 1 unspecified atom stereocenters. The molecule has 0 bridgehead atoms. The zero-order valence-corrected chi connectivity index (χ0v) is 22.1. The number of aromatic nitrogens is 1. The monoisotopic (exact) mass is 559 g/mol. The molecule has 38 heavy (non-hydrogen) atoms. The first-order valence-corrected chi connectivity index (χ1v) is 14.0. The fourth-order valence-electron chi connectivity index (χ4n) is 3.89.